The molecule has 0 aromatic heterocycles. The van der Waals surface area contributed by atoms with Gasteiger partial charge in [0.25, 0.3) is 0 Å². The van der Waals surface area contributed by atoms with E-state index in [2.05, 4.69) is 48.1 Å². The molecule has 216 valence electrons. The fourth-order valence-electron chi connectivity index (χ4n) is 11.9. The number of rotatable bonds is 5. The lowest BCUT2D eigenvalue weighted by Gasteiger charge is -2.73. The average molecular weight is 531 g/mol. The summed E-state index contributed by atoms with van der Waals surface area (Å²) in [6.45, 7) is 18.8. The van der Waals surface area contributed by atoms with E-state index >= 15 is 0 Å². The minimum absolute atomic E-state index is 0.0344. The smallest absolute Gasteiger partial charge is 0.337 e. The van der Waals surface area contributed by atoms with Gasteiger partial charge in [-0.15, -0.1) is 0 Å². The molecule has 5 fully saturated rings. The molecule has 5 saturated carbocycles. The van der Waals surface area contributed by atoms with Crippen LogP contribution in [0.3, 0.4) is 0 Å². The van der Waals surface area contributed by atoms with Gasteiger partial charge in [-0.05, 0) is 122 Å². The van der Waals surface area contributed by atoms with E-state index in [1.54, 1.807) is 0 Å². The Kier molecular flexibility index (Phi) is 7.01. The quantitative estimate of drug-likeness (QED) is 0.304. The Bertz CT molecular complexity index is 959. The number of hydrogen-bond donors (Lipinski definition) is 3. The van der Waals surface area contributed by atoms with Crippen LogP contribution in [0.15, 0.2) is 12.2 Å². The van der Waals surface area contributed by atoms with E-state index in [0.29, 0.717) is 36.2 Å². The van der Waals surface area contributed by atoms with Crippen LogP contribution in [-0.4, -0.2) is 46.7 Å². The molecule has 11 atom stereocenters. The average Bonchev–Trinajstić information content (AvgIpc) is 3.25. The lowest BCUT2D eigenvalue weighted by molar-refractivity contribution is -0.250. The van der Waals surface area contributed by atoms with E-state index in [1.165, 1.54) is 31.3 Å². The number of ether oxygens (including phenoxy) is 1. The first kappa shape index (κ1) is 28.6. The topological polar surface area (TPSA) is 87.0 Å². The molecular formula is C33H54O5. The molecular weight excluding hydrogens is 476 g/mol. The normalized spacial score (nSPS) is 50.1. The molecule has 0 aromatic carbocycles. The van der Waals surface area contributed by atoms with Crippen molar-refractivity contribution in [2.45, 2.75) is 118 Å². The van der Waals surface area contributed by atoms with Gasteiger partial charge in [-0.2, -0.15) is 0 Å². The van der Waals surface area contributed by atoms with Crippen LogP contribution in [0.1, 0.15) is 106 Å². The SMILES string of the molecule is C=C(C)C1CC[C@]2(COC(=O)C(O)CO)CC[C@]3(C)C(CCC4[C@@]5(C)CC[C@H](O)C(C)(C)C5CC[C@]43C)C12. The fourth-order valence-corrected chi connectivity index (χ4v) is 11.9. The van der Waals surface area contributed by atoms with Crippen LogP contribution in [0.2, 0.25) is 0 Å². The van der Waals surface area contributed by atoms with Crippen molar-refractivity contribution in [1.82, 2.24) is 0 Å². The van der Waals surface area contributed by atoms with Crippen molar-refractivity contribution in [3.63, 3.8) is 0 Å². The summed E-state index contributed by atoms with van der Waals surface area (Å²) in [5.74, 6) is 1.97. The number of carbonyl (C=O) groups excluding carboxylic acids is 1. The molecule has 38 heavy (non-hydrogen) atoms. The Morgan fingerprint density at radius 3 is 2.29 bits per heavy atom. The van der Waals surface area contributed by atoms with Gasteiger partial charge in [0.05, 0.1) is 19.3 Å². The first-order valence-electron chi connectivity index (χ1n) is 15.5. The Morgan fingerprint density at radius 2 is 1.63 bits per heavy atom. The molecule has 0 saturated heterocycles. The molecule has 0 aromatic rings. The number of hydrogen-bond acceptors (Lipinski definition) is 5. The first-order chi connectivity index (χ1) is 17.7. The molecule has 6 unspecified atom stereocenters. The third-order valence-electron chi connectivity index (χ3n) is 14.2. The molecule has 0 radical (unpaired) electrons. The molecule has 0 heterocycles. The third kappa shape index (κ3) is 3.76. The number of aliphatic hydroxyl groups is 3. The number of aliphatic hydroxyl groups excluding tert-OH is 3. The van der Waals surface area contributed by atoms with Crippen LogP contribution in [0.5, 0.6) is 0 Å². The van der Waals surface area contributed by atoms with E-state index < -0.39 is 18.7 Å². The standard InChI is InChI=1S/C33H54O5/c1-20(2)21-10-15-33(19-38-28(37)23(35)18-34)17-16-31(6)22(27(21)33)8-9-25-30(5)13-12-26(36)29(3,4)24(30)11-14-32(25,31)7/h21-27,34-36H,1,8-19H2,2-7H3/t21?,22?,23?,24?,25?,26-,27?,30-,31+,32+,33+/m0/s1. The van der Waals surface area contributed by atoms with Crippen LogP contribution in [0, 0.1) is 56.7 Å². The highest BCUT2D eigenvalue weighted by molar-refractivity contribution is 5.74. The van der Waals surface area contributed by atoms with Crippen LogP contribution >= 0.6 is 0 Å². The second kappa shape index (κ2) is 9.31. The van der Waals surface area contributed by atoms with Gasteiger partial charge in [0.1, 0.15) is 0 Å². The Hall–Kier alpha value is -0.910. The highest BCUT2D eigenvalue weighted by Crippen LogP contribution is 2.77. The zero-order valence-corrected chi connectivity index (χ0v) is 24.9. The van der Waals surface area contributed by atoms with Gasteiger partial charge in [-0.3, -0.25) is 0 Å². The summed E-state index contributed by atoms with van der Waals surface area (Å²) >= 11 is 0. The fraction of sp³-hybridized carbons (Fsp3) is 0.909. The van der Waals surface area contributed by atoms with Gasteiger partial charge in [0.15, 0.2) is 6.10 Å². The van der Waals surface area contributed by atoms with Crippen molar-refractivity contribution < 1.29 is 24.9 Å². The lowest BCUT2D eigenvalue weighted by Crippen LogP contribution is -2.66. The first-order valence-corrected chi connectivity index (χ1v) is 15.5. The number of esters is 1. The molecule has 0 bridgehead atoms. The highest BCUT2D eigenvalue weighted by Gasteiger charge is 2.71. The monoisotopic (exact) mass is 530 g/mol. The molecule has 5 aliphatic rings. The van der Waals surface area contributed by atoms with Gasteiger partial charge in [0.2, 0.25) is 0 Å². The minimum Gasteiger partial charge on any atom is -0.463 e. The predicted octanol–water partition coefficient (Wildman–Crippen LogP) is 5.90. The zero-order valence-electron chi connectivity index (χ0n) is 24.9. The van der Waals surface area contributed by atoms with E-state index in [-0.39, 0.29) is 33.2 Å². The largest absolute Gasteiger partial charge is 0.463 e. The van der Waals surface area contributed by atoms with Crippen molar-refractivity contribution in [3.8, 4) is 0 Å². The van der Waals surface area contributed by atoms with E-state index in [0.717, 1.165) is 38.5 Å². The number of carbonyl (C=O) groups is 1. The molecule has 0 amide bonds. The molecule has 0 aliphatic heterocycles. The second-order valence-electron chi connectivity index (χ2n) is 15.7. The van der Waals surface area contributed by atoms with Crippen molar-refractivity contribution in [2.24, 2.45) is 56.7 Å². The number of allylic oxidation sites excluding steroid dienone is 1. The van der Waals surface area contributed by atoms with Crippen molar-refractivity contribution in [2.75, 3.05) is 13.2 Å². The maximum atomic E-state index is 12.4. The van der Waals surface area contributed by atoms with E-state index in [1.807, 2.05) is 0 Å². The van der Waals surface area contributed by atoms with Gasteiger partial charge in [-0.1, -0.05) is 46.8 Å². The molecule has 5 rings (SSSR count). The van der Waals surface area contributed by atoms with Gasteiger partial charge < -0.3 is 20.1 Å². The third-order valence-corrected chi connectivity index (χ3v) is 14.2. The van der Waals surface area contributed by atoms with Crippen LogP contribution in [-0.2, 0) is 9.53 Å². The summed E-state index contributed by atoms with van der Waals surface area (Å²) in [5.41, 5.74) is 1.88. The molecule has 5 aliphatic carbocycles. The zero-order chi connectivity index (χ0) is 27.9. The van der Waals surface area contributed by atoms with Crippen LogP contribution < -0.4 is 0 Å². The maximum Gasteiger partial charge on any atom is 0.337 e. The minimum atomic E-state index is -1.46. The Morgan fingerprint density at radius 1 is 0.921 bits per heavy atom. The van der Waals surface area contributed by atoms with Crippen molar-refractivity contribution in [1.29, 1.82) is 0 Å². The predicted molar refractivity (Wildman–Crippen MR) is 149 cm³/mol. The summed E-state index contributed by atoms with van der Waals surface area (Å²) in [7, 11) is 0. The molecule has 0 spiro atoms. The van der Waals surface area contributed by atoms with Crippen LogP contribution in [0.4, 0.5) is 0 Å². The summed E-state index contributed by atoms with van der Waals surface area (Å²) in [5, 5.41) is 30.1. The summed E-state index contributed by atoms with van der Waals surface area (Å²) in [6, 6.07) is 0. The Labute approximate surface area is 230 Å². The molecule has 5 heteroatoms. The summed E-state index contributed by atoms with van der Waals surface area (Å²) < 4.78 is 5.73. The van der Waals surface area contributed by atoms with Crippen LogP contribution in [0.25, 0.3) is 0 Å². The molecule has 5 nitrogen and oxygen atoms in total. The van der Waals surface area contributed by atoms with Crippen molar-refractivity contribution >= 4 is 5.97 Å². The van der Waals surface area contributed by atoms with E-state index in [4.69, 9.17) is 4.74 Å². The summed E-state index contributed by atoms with van der Waals surface area (Å²) in [6.07, 6.45) is 9.61. The lowest BCUT2D eigenvalue weighted by atomic mass is 9.32. The van der Waals surface area contributed by atoms with Crippen molar-refractivity contribution in [3.05, 3.63) is 12.2 Å². The van der Waals surface area contributed by atoms with Gasteiger partial charge in [-0.25, -0.2) is 4.79 Å². The van der Waals surface area contributed by atoms with Gasteiger partial charge >= 0.3 is 5.97 Å². The molecule has 3 N–H and O–H groups in total. The second-order valence-corrected chi connectivity index (χ2v) is 15.7. The Balaban J connectivity index is 1.48. The highest BCUT2D eigenvalue weighted by atomic mass is 16.5. The number of fused-ring (bicyclic) bond motifs is 7. The summed E-state index contributed by atoms with van der Waals surface area (Å²) in [4.78, 5) is 12.4. The maximum absolute atomic E-state index is 12.4. The van der Waals surface area contributed by atoms with Gasteiger partial charge in [0, 0.05) is 5.41 Å². The van der Waals surface area contributed by atoms with E-state index in [9.17, 15) is 20.1 Å².